The lowest BCUT2D eigenvalue weighted by Crippen LogP contribution is -2.37. The van der Waals surface area contributed by atoms with Gasteiger partial charge in [-0.1, -0.05) is 98.7 Å². The van der Waals surface area contributed by atoms with Crippen molar-refractivity contribution in [2.75, 3.05) is 0 Å². The van der Waals surface area contributed by atoms with Gasteiger partial charge in [0.05, 0.1) is 0 Å². The molecule has 0 N–H and O–H groups in total. The summed E-state index contributed by atoms with van der Waals surface area (Å²) < 4.78 is 31.5. The van der Waals surface area contributed by atoms with Crippen LogP contribution < -0.4 is 5.11 Å². The Morgan fingerprint density at radius 1 is 0.500 bits per heavy atom. The summed E-state index contributed by atoms with van der Waals surface area (Å²) in [5.41, 5.74) is 13.8. The Morgan fingerprint density at radius 3 is 0.795 bits per heavy atom. The Kier molecular flexibility index (Phi) is 14.6. The zero-order valence-electron chi connectivity index (χ0n) is 28.2. The van der Waals surface area contributed by atoms with Crippen LogP contribution in [0.3, 0.4) is 0 Å². The van der Waals surface area contributed by atoms with Crippen LogP contribution in [-0.2, 0) is 73.5 Å². The average Bonchev–Trinajstić information content (AvgIpc) is 3.03. The second-order valence-corrected chi connectivity index (χ2v) is 12.8. The first-order valence-electron chi connectivity index (χ1n) is 16.3. The minimum atomic E-state index is -5.19. The van der Waals surface area contributed by atoms with Crippen molar-refractivity contribution in [3.8, 4) is 0 Å². The Labute approximate surface area is 266 Å². The first kappa shape index (κ1) is 37.5. The van der Waals surface area contributed by atoms with E-state index in [9.17, 15) is 13.2 Å². The predicted molar refractivity (Wildman–Crippen MR) is 177 cm³/mol. The molecular formula is C38H51F3O2S. The van der Waals surface area contributed by atoms with Crippen molar-refractivity contribution in [1.82, 2.24) is 0 Å². The molecule has 0 fully saturated rings. The van der Waals surface area contributed by atoms with Crippen molar-refractivity contribution < 1.29 is 23.1 Å². The van der Waals surface area contributed by atoms with E-state index in [1.54, 1.807) is 48.1 Å². The van der Waals surface area contributed by atoms with Gasteiger partial charge in [0, 0.05) is 33.4 Å². The molecule has 44 heavy (non-hydrogen) atoms. The highest BCUT2D eigenvalue weighted by molar-refractivity contribution is 7.97. The van der Waals surface area contributed by atoms with Crippen LogP contribution in [0, 0.1) is 0 Å². The van der Waals surface area contributed by atoms with Crippen LogP contribution in [0.4, 0.5) is 13.2 Å². The lowest BCUT2D eigenvalue weighted by molar-refractivity contribution is -0.344. The molecule has 242 valence electrons. The van der Waals surface area contributed by atoms with Crippen LogP contribution in [0.25, 0.3) is 0 Å². The molecule has 3 aromatic rings. The van der Waals surface area contributed by atoms with Gasteiger partial charge in [0.1, 0.15) is 16.9 Å². The van der Waals surface area contributed by atoms with E-state index in [0.29, 0.717) is 0 Å². The number of rotatable bonds is 12. The van der Waals surface area contributed by atoms with Gasteiger partial charge in [-0.05, 0) is 74.5 Å². The third-order valence-electron chi connectivity index (χ3n) is 8.26. The van der Waals surface area contributed by atoms with Gasteiger partial charge in [0.25, 0.3) is 0 Å². The normalized spacial score (nSPS) is 11.5. The van der Waals surface area contributed by atoms with E-state index >= 15 is 0 Å². The van der Waals surface area contributed by atoms with Crippen molar-refractivity contribution in [3.63, 3.8) is 0 Å². The van der Waals surface area contributed by atoms with Crippen LogP contribution in [0.15, 0.2) is 51.1 Å². The number of hydrogen-bond acceptors (Lipinski definition) is 2. The second-order valence-electron chi connectivity index (χ2n) is 11.0. The van der Waals surface area contributed by atoms with E-state index in [-0.39, 0.29) is 10.9 Å². The molecule has 0 heterocycles. The molecule has 0 aliphatic heterocycles. The van der Waals surface area contributed by atoms with E-state index in [1.165, 1.54) is 16.7 Å². The van der Waals surface area contributed by atoms with Gasteiger partial charge in [-0.25, -0.2) is 0 Å². The van der Waals surface area contributed by atoms with Crippen molar-refractivity contribution in [2.24, 2.45) is 0 Å². The molecule has 0 bridgehead atoms. The Balaban J connectivity index is 0.000000860. The zero-order valence-corrected chi connectivity index (χ0v) is 29.0. The van der Waals surface area contributed by atoms with Crippen LogP contribution in [0.5, 0.6) is 0 Å². The molecule has 6 heteroatoms. The fraction of sp³-hybridized carbons (Fsp3) is 0.500. The van der Waals surface area contributed by atoms with Gasteiger partial charge in [0.2, 0.25) is 0 Å². The van der Waals surface area contributed by atoms with E-state index in [2.05, 4.69) is 98.7 Å². The van der Waals surface area contributed by atoms with E-state index in [4.69, 9.17) is 9.90 Å². The van der Waals surface area contributed by atoms with Crippen molar-refractivity contribution in [1.29, 1.82) is 0 Å². The summed E-state index contributed by atoms with van der Waals surface area (Å²) in [4.78, 5) is 13.7. The molecule has 0 unspecified atom stereocenters. The van der Waals surface area contributed by atoms with Crippen molar-refractivity contribution in [2.45, 2.75) is 141 Å². The lowest BCUT2D eigenvalue weighted by Gasteiger charge is -2.24. The van der Waals surface area contributed by atoms with Crippen LogP contribution in [-0.4, -0.2) is 12.1 Å². The third-order valence-corrected chi connectivity index (χ3v) is 11.1. The minimum Gasteiger partial charge on any atom is -0.542 e. The van der Waals surface area contributed by atoms with E-state index < -0.39 is 12.1 Å². The van der Waals surface area contributed by atoms with Crippen LogP contribution >= 0.6 is 0 Å². The molecule has 0 aromatic heterocycles. The summed E-state index contributed by atoms with van der Waals surface area (Å²) in [5, 5.41) is 8.78. The van der Waals surface area contributed by atoms with Gasteiger partial charge in [-0.2, -0.15) is 13.2 Å². The number of halogens is 3. The Hall–Kier alpha value is -2.73. The molecule has 0 saturated carbocycles. The fourth-order valence-electron chi connectivity index (χ4n) is 5.76. The van der Waals surface area contributed by atoms with Gasteiger partial charge >= 0.3 is 6.18 Å². The average molecular weight is 629 g/mol. The van der Waals surface area contributed by atoms with Gasteiger partial charge in [0.15, 0.2) is 14.7 Å². The minimum absolute atomic E-state index is 0.114. The molecular weight excluding hydrogens is 577 g/mol. The first-order valence-corrected chi connectivity index (χ1v) is 17.6. The van der Waals surface area contributed by atoms with E-state index in [0.717, 1.165) is 57.8 Å². The topological polar surface area (TPSA) is 40.1 Å². The first-order chi connectivity index (χ1) is 20.9. The maximum atomic E-state index is 10.5. The van der Waals surface area contributed by atoms with Gasteiger partial charge in [-0.3, -0.25) is 0 Å². The highest BCUT2D eigenvalue weighted by Crippen LogP contribution is 2.44. The molecule has 0 spiro atoms. The molecule has 0 aliphatic carbocycles. The molecule has 0 saturated heterocycles. The largest absolute Gasteiger partial charge is 0.542 e. The number of aryl methyl sites for hydroxylation is 9. The summed E-state index contributed by atoms with van der Waals surface area (Å²) in [6.07, 6.45) is 4.65. The van der Waals surface area contributed by atoms with Gasteiger partial charge in [-0.15, -0.1) is 0 Å². The molecule has 3 rings (SSSR count). The molecule has 2 nitrogen and oxygen atoms in total. The van der Waals surface area contributed by atoms with Crippen LogP contribution in [0.1, 0.15) is 112 Å². The number of alkyl halides is 3. The number of carbonyl (C=O) groups excluding carboxylic acids is 1. The fourth-order valence-corrected chi connectivity index (χ4v) is 9.17. The molecule has 0 atom stereocenters. The smallest absolute Gasteiger partial charge is 0.430 e. The maximum absolute atomic E-state index is 10.5. The number of aliphatic carboxylic acids is 1. The third kappa shape index (κ3) is 8.71. The number of carboxylic acid groups (broad SMARTS) is 1. The van der Waals surface area contributed by atoms with Crippen LogP contribution in [0.2, 0.25) is 0 Å². The van der Waals surface area contributed by atoms with E-state index in [1.807, 2.05) is 0 Å². The number of carbonyl (C=O) groups is 1. The monoisotopic (exact) mass is 628 g/mol. The highest BCUT2D eigenvalue weighted by atomic mass is 32.2. The Morgan fingerprint density at radius 2 is 0.682 bits per heavy atom. The summed E-state index contributed by atoms with van der Waals surface area (Å²) >= 11 is 0. The highest BCUT2D eigenvalue weighted by Gasteiger charge is 2.40. The molecule has 0 amide bonds. The number of benzene rings is 3. The quantitative estimate of drug-likeness (QED) is 0.188. The number of hydrogen-bond donors (Lipinski definition) is 0. The molecule has 0 aliphatic rings. The predicted octanol–water partition coefficient (Wildman–Crippen LogP) is 9.14. The summed E-state index contributed by atoms with van der Waals surface area (Å²) in [6.45, 7) is 21.1. The number of carboxylic acids is 1. The molecule has 0 radical (unpaired) electrons. The summed E-state index contributed by atoms with van der Waals surface area (Å²) in [6, 6.07) is 15.2. The standard InChI is InChI=1S/C36H51S.C2HF3O2/c1-10-25-19-28(13-4)34(29(14-5)20-25)37(35-30(15-6)21-26(11-2)22-31(35)16-7)36-32(17-8)23-27(12-3)24-33(36)18-9;3-2(4,5)1(6)7/h19-24H,10-18H2,1-9H3;(H,6,7)/q+1;/p-1. The van der Waals surface area contributed by atoms with Crippen molar-refractivity contribution >= 4 is 16.9 Å². The summed E-state index contributed by atoms with van der Waals surface area (Å²) in [7, 11) is -0.114. The molecule has 3 aromatic carbocycles. The lowest BCUT2D eigenvalue weighted by atomic mass is 10.00. The van der Waals surface area contributed by atoms with Crippen molar-refractivity contribution in [3.05, 3.63) is 86.5 Å². The maximum Gasteiger partial charge on any atom is 0.430 e. The Bertz CT molecular complexity index is 1180. The zero-order chi connectivity index (χ0) is 33.2. The SMILES string of the molecule is CCc1cc(CC)c([S+](c2c(CC)cc(CC)cc2CC)c2c(CC)cc(CC)cc2CC)c(CC)c1.O=C([O-])C(F)(F)F. The second kappa shape index (κ2) is 17.1. The van der Waals surface area contributed by atoms with Gasteiger partial charge < -0.3 is 9.90 Å². The summed E-state index contributed by atoms with van der Waals surface area (Å²) in [5.74, 6) is -3.01.